The topological polar surface area (TPSA) is 43.2 Å². The molecule has 0 aliphatic carbocycles. The second-order valence-corrected chi connectivity index (χ2v) is 11.5. The summed E-state index contributed by atoms with van der Waals surface area (Å²) in [5.41, 5.74) is 7.56. The van der Waals surface area contributed by atoms with Crippen molar-refractivity contribution in [2.45, 2.75) is 52.4 Å². The van der Waals surface area contributed by atoms with E-state index in [0.29, 0.717) is 39.6 Å². The van der Waals surface area contributed by atoms with E-state index < -0.39 is 0 Å². The van der Waals surface area contributed by atoms with E-state index in [2.05, 4.69) is 104 Å². The normalized spacial score (nSPS) is 18.1. The number of rotatable bonds is 16. The molecule has 0 saturated carbocycles. The Morgan fingerprint density at radius 3 is 2.02 bits per heavy atom. The van der Waals surface area contributed by atoms with Gasteiger partial charge in [0.2, 0.25) is 5.69 Å². The number of ether oxygens (including phenoxy) is 4. The van der Waals surface area contributed by atoms with Crippen LogP contribution in [0, 0.1) is 0 Å². The van der Waals surface area contributed by atoms with Crippen LogP contribution >= 0.6 is 0 Å². The van der Waals surface area contributed by atoms with Crippen molar-refractivity contribution in [2.75, 3.05) is 70.8 Å². The molecule has 0 radical (unpaired) electrons. The molecule has 0 N–H and O–H groups in total. The fourth-order valence-corrected chi connectivity index (χ4v) is 6.03. The van der Waals surface area contributed by atoms with E-state index >= 15 is 0 Å². The number of hydrogen-bond donors (Lipinski definition) is 0. The first kappa shape index (κ1) is 31.2. The summed E-state index contributed by atoms with van der Waals surface area (Å²) in [5.74, 6) is 0. The quantitative estimate of drug-likeness (QED) is 0.175. The Morgan fingerprint density at radius 1 is 0.707 bits per heavy atom. The minimum atomic E-state index is -0.112. The predicted molar refractivity (Wildman–Crippen MR) is 168 cm³/mol. The third-order valence-corrected chi connectivity index (χ3v) is 8.18. The van der Waals surface area contributed by atoms with Crippen molar-refractivity contribution >= 4 is 17.1 Å². The summed E-state index contributed by atoms with van der Waals surface area (Å²) in [6.45, 7) is 20.1. The van der Waals surface area contributed by atoms with Crippen LogP contribution < -0.4 is 4.90 Å². The van der Waals surface area contributed by atoms with Crippen molar-refractivity contribution in [3.8, 4) is 0 Å². The minimum absolute atomic E-state index is 0.112. The van der Waals surface area contributed by atoms with Crippen LogP contribution in [-0.2, 0) is 29.8 Å². The van der Waals surface area contributed by atoms with Crippen LogP contribution in [-0.4, -0.2) is 76.2 Å². The SMILES string of the molecule is CCOCCOCCN1/C(=C/C=C/C2=[N+](CCOCCOCC)c3ccccc3C2(C)C)C(C)(C)c2ccccc21. The number of hydrogen-bond acceptors (Lipinski definition) is 5. The molecule has 2 aromatic carbocycles. The molecule has 2 heterocycles. The zero-order valence-electron chi connectivity index (χ0n) is 25.9. The van der Waals surface area contributed by atoms with Crippen LogP contribution in [0.25, 0.3) is 0 Å². The first-order valence-electron chi connectivity index (χ1n) is 15.1. The lowest BCUT2D eigenvalue weighted by Crippen LogP contribution is -2.30. The van der Waals surface area contributed by atoms with Crippen LogP contribution in [0.2, 0.25) is 0 Å². The Morgan fingerprint density at radius 2 is 1.32 bits per heavy atom. The molecular formula is C35H49N2O4+. The van der Waals surface area contributed by atoms with Crippen LogP contribution in [0.4, 0.5) is 11.4 Å². The Balaban J connectivity index is 1.58. The van der Waals surface area contributed by atoms with E-state index in [4.69, 9.17) is 18.9 Å². The second kappa shape index (κ2) is 14.4. The monoisotopic (exact) mass is 561 g/mol. The molecule has 6 nitrogen and oxygen atoms in total. The minimum Gasteiger partial charge on any atom is -0.379 e. The number of allylic oxidation sites excluding steroid dienone is 4. The molecule has 0 bridgehead atoms. The van der Waals surface area contributed by atoms with Crippen molar-refractivity contribution in [3.05, 3.63) is 83.6 Å². The van der Waals surface area contributed by atoms with Gasteiger partial charge in [-0.3, -0.25) is 0 Å². The first-order chi connectivity index (χ1) is 19.8. The van der Waals surface area contributed by atoms with E-state index in [-0.39, 0.29) is 10.8 Å². The summed E-state index contributed by atoms with van der Waals surface area (Å²) in [4.78, 5) is 2.42. The molecule has 0 amide bonds. The van der Waals surface area contributed by atoms with Gasteiger partial charge in [0.25, 0.3) is 0 Å². The van der Waals surface area contributed by atoms with Gasteiger partial charge in [-0.05, 0) is 45.4 Å². The summed E-state index contributed by atoms with van der Waals surface area (Å²) >= 11 is 0. The van der Waals surface area contributed by atoms with E-state index in [9.17, 15) is 0 Å². The van der Waals surface area contributed by atoms with Gasteiger partial charge in [0.1, 0.15) is 6.61 Å². The number of anilines is 1. The Hall–Kier alpha value is -2.77. The van der Waals surface area contributed by atoms with Gasteiger partial charge < -0.3 is 23.8 Å². The molecule has 6 heteroatoms. The highest BCUT2D eigenvalue weighted by molar-refractivity contribution is 6.03. The van der Waals surface area contributed by atoms with E-state index in [1.54, 1.807) is 0 Å². The van der Waals surface area contributed by atoms with E-state index in [1.807, 2.05) is 13.8 Å². The third-order valence-electron chi connectivity index (χ3n) is 8.18. The molecule has 41 heavy (non-hydrogen) atoms. The predicted octanol–water partition coefficient (Wildman–Crippen LogP) is 6.41. The number of para-hydroxylation sites is 2. The average molecular weight is 562 g/mol. The molecule has 2 aromatic rings. The van der Waals surface area contributed by atoms with Crippen molar-refractivity contribution < 1.29 is 23.5 Å². The number of benzene rings is 2. The lowest BCUT2D eigenvalue weighted by Gasteiger charge is -2.27. The summed E-state index contributed by atoms with van der Waals surface area (Å²) in [5, 5.41) is 0. The molecule has 0 fully saturated rings. The summed E-state index contributed by atoms with van der Waals surface area (Å²) in [6, 6.07) is 17.5. The molecule has 0 aromatic heterocycles. The molecular weight excluding hydrogens is 512 g/mol. The Bertz CT molecular complexity index is 1240. The zero-order valence-corrected chi connectivity index (χ0v) is 25.9. The summed E-state index contributed by atoms with van der Waals surface area (Å²) in [7, 11) is 0. The van der Waals surface area contributed by atoms with Crippen LogP contribution in [0.15, 0.2) is 72.5 Å². The smallest absolute Gasteiger partial charge is 0.209 e. The van der Waals surface area contributed by atoms with Gasteiger partial charge in [-0.1, -0.05) is 56.3 Å². The van der Waals surface area contributed by atoms with Gasteiger partial charge in [-0.2, -0.15) is 4.58 Å². The number of fused-ring (bicyclic) bond motifs is 2. The second-order valence-electron chi connectivity index (χ2n) is 11.5. The van der Waals surface area contributed by atoms with E-state index in [1.165, 1.54) is 33.9 Å². The molecule has 4 rings (SSSR count). The fraction of sp³-hybridized carbons (Fsp3) is 0.514. The van der Waals surface area contributed by atoms with Gasteiger partial charge in [0.05, 0.1) is 38.4 Å². The van der Waals surface area contributed by atoms with Gasteiger partial charge in [0.15, 0.2) is 12.3 Å². The summed E-state index contributed by atoms with van der Waals surface area (Å²) < 4.78 is 25.1. The highest BCUT2D eigenvalue weighted by Crippen LogP contribution is 2.47. The molecule has 0 unspecified atom stereocenters. The molecule has 2 aliphatic rings. The van der Waals surface area contributed by atoms with Crippen molar-refractivity contribution in [1.29, 1.82) is 0 Å². The third kappa shape index (κ3) is 7.00. The zero-order chi connectivity index (χ0) is 29.3. The molecule has 0 atom stereocenters. The van der Waals surface area contributed by atoms with E-state index in [0.717, 1.165) is 26.3 Å². The fourth-order valence-electron chi connectivity index (χ4n) is 6.03. The highest BCUT2D eigenvalue weighted by Gasteiger charge is 2.44. The lowest BCUT2D eigenvalue weighted by atomic mass is 9.81. The van der Waals surface area contributed by atoms with Gasteiger partial charge in [0, 0.05) is 54.3 Å². The maximum absolute atomic E-state index is 5.92. The van der Waals surface area contributed by atoms with Crippen LogP contribution in [0.3, 0.4) is 0 Å². The Kier molecular flexibility index (Phi) is 11.0. The van der Waals surface area contributed by atoms with Gasteiger partial charge in [-0.15, -0.1) is 0 Å². The van der Waals surface area contributed by atoms with Crippen LogP contribution in [0.5, 0.6) is 0 Å². The maximum Gasteiger partial charge on any atom is 0.209 e. The van der Waals surface area contributed by atoms with Crippen LogP contribution in [0.1, 0.15) is 52.7 Å². The van der Waals surface area contributed by atoms with Crippen molar-refractivity contribution in [2.24, 2.45) is 0 Å². The first-order valence-corrected chi connectivity index (χ1v) is 15.1. The number of nitrogens with zero attached hydrogens (tertiary/aromatic N) is 2. The molecule has 0 spiro atoms. The molecule has 0 saturated heterocycles. The lowest BCUT2D eigenvalue weighted by molar-refractivity contribution is -0.442. The van der Waals surface area contributed by atoms with Gasteiger partial charge >= 0.3 is 0 Å². The summed E-state index contributed by atoms with van der Waals surface area (Å²) in [6.07, 6.45) is 6.82. The Labute approximate surface area is 247 Å². The largest absolute Gasteiger partial charge is 0.379 e. The molecule has 2 aliphatic heterocycles. The van der Waals surface area contributed by atoms with Gasteiger partial charge in [-0.25, -0.2) is 0 Å². The average Bonchev–Trinajstić information content (AvgIpc) is 3.31. The highest BCUT2D eigenvalue weighted by atomic mass is 16.5. The van der Waals surface area contributed by atoms with Crippen molar-refractivity contribution in [1.82, 2.24) is 0 Å². The van der Waals surface area contributed by atoms with Crippen molar-refractivity contribution in [3.63, 3.8) is 0 Å². The molecule has 222 valence electrons. The maximum atomic E-state index is 5.92. The standard InChI is InChI=1S/C35H49N2O4/c1-7-38-24-26-40-22-20-36-30-16-11-9-14-28(30)34(3,4)32(36)18-13-19-33-35(5,6)29-15-10-12-17-31(29)37(33)21-23-41-27-25-39-8-2/h9-19H,7-8,20-27H2,1-6H3/q+1.